The van der Waals surface area contributed by atoms with Gasteiger partial charge in [-0.15, -0.1) is 0 Å². The SMILES string of the molecule is CC(C)C[C@@H](NC(=O)C1Cc2ccccc2O1)C(=O)O. The molecule has 2 atom stereocenters. The molecular weight excluding hydrogens is 258 g/mol. The highest BCUT2D eigenvalue weighted by Crippen LogP contribution is 2.28. The number of aliphatic carboxylic acids is 1. The molecule has 0 aromatic heterocycles. The van der Waals surface area contributed by atoms with E-state index in [1.54, 1.807) is 0 Å². The first-order valence-electron chi connectivity index (χ1n) is 6.75. The van der Waals surface area contributed by atoms with Crippen LogP contribution in [0.1, 0.15) is 25.8 Å². The first kappa shape index (κ1) is 14.4. The summed E-state index contributed by atoms with van der Waals surface area (Å²) in [6.07, 6.45) is 0.248. The number of hydrogen-bond donors (Lipinski definition) is 2. The lowest BCUT2D eigenvalue weighted by molar-refractivity contribution is -0.143. The number of fused-ring (bicyclic) bond motifs is 1. The zero-order chi connectivity index (χ0) is 14.7. The van der Waals surface area contributed by atoms with Gasteiger partial charge in [-0.2, -0.15) is 0 Å². The van der Waals surface area contributed by atoms with Crippen molar-refractivity contribution in [3.63, 3.8) is 0 Å². The molecule has 2 rings (SSSR count). The topological polar surface area (TPSA) is 75.6 Å². The molecule has 20 heavy (non-hydrogen) atoms. The van der Waals surface area contributed by atoms with Gasteiger partial charge in [0, 0.05) is 6.42 Å². The summed E-state index contributed by atoms with van der Waals surface area (Å²) >= 11 is 0. The molecule has 1 heterocycles. The molecule has 2 N–H and O–H groups in total. The Morgan fingerprint density at radius 1 is 1.40 bits per heavy atom. The number of nitrogens with one attached hydrogen (secondary N) is 1. The number of rotatable bonds is 5. The highest BCUT2D eigenvalue weighted by Gasteiger charge is 2.31. The fourth-order valence-electron chi connectivity index (χ4n) is 2.29. The van der Waals surface area contributed by atoms with Crippen molar-refractivity contribution >= 4 is 11.9 Å². The normalized spacial score (nSPS) is 18.2. The van der Waals surface area contributed by atoms with Crippen molar-refractivity contribution in [3.8, 4) is 5.75 Å². The lowest BCUT2D eigenvalue weighted by atomic mass is 10.0. The number of ether oxygens (including phenoxy) is 1. The van der Waals surface area contributed by atoms with Gasteiger partial charge in [0.1, 0.15) is 11.8 Å². The number of benzene rings is 1. The molecule has 108 valence electrons. The van der Waals surface area contributed by atoms with Crippen LogP contribution < -0.4 is 10.1 Å². The van der Waals surface area contributed by atoms with E-state index in [2.05, 4.69) is 5.32 Å². The summed E-state index contributed by atoms with van der Waals surface area (Å²) < 4.78 is 5.55. The smallest absolute Gasteiger partial charge is 0.326 e. The van der Waals surface area contributed by atoms with Crippen molar-refractivity contribution in [2.45, 2.75) is 38.8 Å². The molecule has 0 radical (unpaired) electrons. The third kappa shape index (κ3) is 3.29. The minimum atomic E-state index is -1.01. The van der Waals surface area contributed by atoms with Gasteiger partial charge in [-0.25, -0.2) is 4.79 Å². The van der Waals surface area contributed by atoms with E-state index in [-0.39, 0.29) is 11.8 Å². The molecule has 1 aromatic rings. The molecule has 5 heteroatoms. The molecule has 1 aromatic carbocycles. The Morgan fingerprint density at radius 3 is 2.70 bits per heavy atom. The van der Waals surface area contributed by atoms with E-state index in [1.165, 1.54) is 0 Å². The second-order valence-electron chi connectivity index (χ2n) is 5.45. The monoisotopic (exact) mass is 277 g/mol. The lowest BCUT2D eigenvalue weighted by Gasteiger charge is -2.18. The van der Waals surface area contributed by atoms with Gasteiger partial charge in [-0.05, 0) is 24.0 Å². The third-order valence-corrected chi connectivity index (χ3v) is 3.26. The molecule has 0 spiro atoms. The average molecular weight is 277 g/mol. The van der Waals surface area contributed by atoms with Crippen LogP contribution in [0.4, 0.5) is 0 Å². The summed E-state index contributed by atoms with van der Waals surface area (Å²) in [5.41, 5.74) is 0.975. The lowest BCUT2D eigenvalue weighted by Crippen LogP contribution is -2.47. The molecule has 5 nitrogen and oxygen atoms in total. The highest BCUT2D eigenvalue weighted by molar-refractivity contribution is 5.87. The summed E-state index contributed by atoms with van der Waals surface area (Å²) in [5.74, 6) is -0.488. The van der Waals surface area contributed by atoms with E-state index in [0.29, 0.717) is 18.6 Å². The molecule has 0 saturated heterocycles. The standard InChI is InChI=1S/C15H19NO4/c1-9(2)7-11(15(18)19)16-14(17)13-8-10-5-3-4-6-12(10)20-13/h3-6,9,11,13H,7-8H2,1-2H3,(H,16,17)(H,18,19)/t11-,13?/m1/s1. The fourth-order valence-corrected chi connectivity index (χ4v) is 2.29. The van der Waals surface area contributed by atoms with Crippen LogP contribution in [0, 0.1) is 5.92 Å². The molecule has 1 aliphatic heterocycles. The number of amides is 1. The number of carbonyl (C=O) groups is 2. The Balaban J connectivity index is 1.97. The van der Waals surface area contributed by atoms with Crippen molar-refractivity contribution in [1.82, 2.24) is 5.32 Å². The number of carboxylic acids is 1. The number of carboxylic acid groups (broad SMARTS) is 1. The number of carbonyl (C=O) groups excluding carboxylic acids is 1. The average Bonchev–Trinajstić information content (AvgIpc) is 2.81. The highest BCUT2D eigenvalue weighted by atomic mass is 16.5. The number of para-hydroxylation sites is 1. The van der Waals surface area contributed by atoms with Crippen molar-refractivity contribution in [2.24, 2.45) is 5.92 Å². The zero-order valence-electron chi connectivity index (χ0n) is 11.6. The van der Waals surface area contributed by atoms with E-state index in [1.807, 2.05) is 38.1 Å². The van der Waals surface area contributed by atoms with Crippen LogP contribution in [0.5, 0.6) is 5.75 Å². The zero-order valence-corrected chi connectivity index (χ0v) is 11.6. The maximum Gasteiger partial charge on any atom is 0.326 e. The summed E-state index contributed by atoms with van der Waals surface area (Å²) in [6.45, 7) is 3.84. The molecule has 1 unspecified atom stereocenters. The summed E-state index contributed by atoms with van der Waals surface area (Å²) in [5, 5.41) is 11.7. The molecule has 0 bridgehead atoms. The van der Waals surface area contributed by atoms with E-state index in [9.17, 15) is 9.59 Å². The van der Waals surface area contributed by atoms with E-state index < -0.39 is 18.1 Å². The predicted octanol–water partition coefficient (Wildman–Crippen LogP) is 1.61. The summed E-state index contributed by atoms with van der Waals surface area (Å²) in [4.78, 5) is 23.3. The first-order chi connectivity index (χ1) is 9.47. The van der Waals surface area contributed by atoms with Gasteiger partial charge in [0.2, 0.25) is 0 Å². The van der Waals surface area contributed by atoms with Crippen LogP contribution in [0.25, 0.3) is 0 Å². The largest absolute Gasteiger partial charge is 0.480 e. The molecule has 0 fully saturated rings. The van der Waals surface area contributed by atoms with Gasteiger partial charge in [0.05, 0.1) is 0 Å². The maximum absolute atomic E-state index is 12.1. The molecule has 1 aliphatic rings. The van der Waals surface area contributed by atoms with Crippen molar-refractivity contribution in [3.05, 3.63) is 29.8 Å². The summed E-state index contributed by atoms with van der Waals surface area (Å²) in [7, 11) is 0. The van der Waals surface area contributed by atoms with Crippen molar-refractivity contribution in [1.29, 1.82) is 0 Å². The minimum Gasteiger partial charge on any atom is -0.480 e. The Hall–Kier alpha value is -2.04. The van der Waals surface area contributed by atoms with E-state index in [0.717, 1.165) is 5.56 Å². The van der Waals surface area contributed by atoms with Gasteiger partial charge >= 0.3 is 5.97 Å². The van der Waals surface area contributed by atoms with Crippen LogP contribution in [0.15, 0.2) is 24.3 Å². The second kappa shape index (κ2) is 5.94. The molecule has 1 amide bonds. The molecule has 0 saturated carbocycles. The Bertz CT molecular complexity index is 487. The Morgan fingerprint density at radius 2 is 2.10 bits per heavy atom. The second-order valence-corrected chi connectivity index (χ2v) is 5.45. The Kier molecular flexibility index (Phi) is 4.27. The summed E-state index contributed by atoms with van der Waals surface area (Å²) in [6, 6.07) is 6.59. The van der Waals surface area contributed by atoms with E-state index in [4.69, 9.17) is 9.84 Å². The van der Waals surface area contributed by atoms with Gasteiger partial charge in [0.15, 0.2) is 6.10 Å². The first-order valence-corrected chi connectivity index (χ1v) is 6.75. The predicted molar refractivity (Wildman–Crippen MR) is 73.6 cm³/mol. The van der Waals surface area contributed by atoms with E-state index >= 15 is 0 Å². The quantitative estimate of drug-likeness (QED) is 0.857. The van der Waals surface area contributed by atoms with Crippen LogP contribution in [-0.4, -0.2) is 29.1 Å². The van der Waals surface area contributed by atoms with Crippen LogP contribution in [-0.2, 0) is 16.0 Å². The maximum atomic E-state index is 12.1. The van der Waals surface area contributed by atoms with Gasteiger partial charge in [0.25, 0.3) is 5.91 Å². The minimum absolute atomic E-state index is 0.193. The van der Waals surface area contributed by atoms with Crippen LogP contribution in [0.3, 0.4) is 0 Å². The van der Waals surface area contributed by atoms with Crippen molar-refractivity contribution < 1.29 is 19.4 Å². The van der Waals surface area contributed by atoms with Gasteiger partial charge < -0.3 is 15.2 Å². The Labute approximate surface area is 117 Å². The molecular formula is C15H19NO4. The molecule has 0 aliphatic carbocycles. The fraction of sp³-hybridized carbons (Fsp3) is 0.467. The van der Waals surface area contributed by atoms with Gasteiger partial charge in [-0.1, -0.05) is 32.0 Å². The number of hydrogen-bond acceptors (Lipinski definition) is 3. The van der Waals surface area contributed by atoms with Crippen LogP contribution in [0.2, 0.25) is 0 Å². The van der Waals surface area contributed by atoms with Gasteiger partial charge in [-0.3, -0.25) is 4.79 Å². The third-order valence-electron chi connectivity index (χ3n) is 3.26. The van der Waals surface area contributed by atoms with Crippen LogP contribution >= 0.6 is 0 Å². The van der Waals surface area contributed by atoms with Crippen molar-refractivity contribution in [2.75, 3.05) is 0 Å².